The van der Waals surface area contributed by atoms with Crippen LogP contribution in [0.2, 0.25) is 0 Å². The third-order valence-corrected chi connectivity index (χ3v) is 3.09. The van der Waals surface area contributed by atoms with Gasteiger partial charge in [0.15, 0.2) is 0 Å². The summed E-state index contributed by atoms with van der Waals surface area (Å²) < 4.78 is 10.5. The fraction of sp³-hybridized carbons (Fsp3) is 0.750. The third kappa shape index (κ3) is 3.44. The molecule has 0 N–H and O–H groups in total. The van der Waals surface area contributed by atoms with Gasteiger partial charge in [-0.1, -0.05) is 18.4 Å². The first kappa shape index (κ1) is 13.8. The molecule has 2 atom stereocenters. The summed E-state index contributed by atoms with van der Waals surface area (Å²) in [7, 11) is 0. The quantitative estimate of drug-likeness (QED) is 0.563. The minimum atomic E-state index is -1.03. The second kappa shape index (κ2) is 6.01. The van der Waals surface area contributed by atoms with E-state index in [4.69, 9.17) is 9.47 Å². The Morgan fingerprint density at radius 3 is 2.68 bits per heavy atom. The number of rotatable bonds is 4. The van der Waals surface area contributed by atoms with Crippen molar-refractivity contribution in [3.8, 4) is 0 Å². The highest BCUT2D eigenvalue weighted by Crippen LogP contribution is 2.21. The van der Waals surface area contributed by atoms with Gasteiger partial charge < -0.3 is 9.47 Å². The summed E-state index contributed by atoms with van der Waals surface area (Å²) in [6, 6.07) is 0. The number of carbonyl (C=O) groups is 3. The molecule has 0 aromatic rings. The Kier molecular flexibility index (Phi) is 4.36. The molecule has 0 radical (unpaired) electrons. The van der Waals surface area contributed by atoms with E-state index >= 15 is 0 Å². The number of nitrogens with zero attached hydrogens (tertiary/aromatic N) is 1. The first-order chi connectivity index (χ1) is 9.10. The van der Waals surface area contributed by atoms with E-state index in [-0.39, 0.29) is 25.0 Å². The van der Waals surface area contributed by atoms with Crippen LogP contribution in [0, 0.1) is 0 Å². The number of hydrogen-bond acceptors (Lipinski definition) is 6. The lowest BCUT2D eigenvalue weighted by Gasteiger charge is -2.14. The topological polar surface area (TPSA) is 82.1 Å². The molecule has 2 saturated heterocycles. The lowest BCUT2D eigenvalue weighted by Crippen LogP contribution is -2.33. The van der Waals surface area contributed by atoms with E-state index in [0.717, 1.165) is 12.8 Å². The van der Waals surface area contributed by atoms with Gasteiger partial charge in [-0.3, -0.25) is 14.4 Å². The molecule has 19 heavy (non-hydrogen) atoms. The van der Waals surface area contributed by atoms with Gasteiger partial charge in [-0.15, -0.1) is 0 Å². The van der Waals surface area contributed by atoms with E-state index in [9.17, 15) is 14.4 Å². The molecule has 0 aromatic carbocycles. The van der Waals surface area contributed by atoms with Crippen molar-refractivity contribution < 1.29 is 28.7 Å². The standard InChI is InChI=1S/C12H17NO6/c1-2-3-8-6-9(7-17-8)18-12(16)19-13-10(14)4-5-11(13)15/h8-9H,2-7H2,1H3/t8?,9-/m1/s1. The summed E-state index contributed by atoms with van der Waals surface area (Å²) in [5.74, 6) is -1.04. The van der Waals surface area contributed by atoms with Crippen LogP contribution in [0.1, 0.15) is 39.0 Å². The molecule has 2 rings (SSSR count). The van der Waals surface area contributed by atoms with Crippen molar-refractivity contribution in [2.45, 2.75) is 51.2 Å². The predicted octanol–water partition coefficient (Wildman–Crippen LogP) is 1.16. The molecule has 7 heteroatoms. The monoisotopic (exact) mass is 271 g/mol. The fourth-order valence-electron chi connectivity index (χ4n) is 2.17. The van der Waals surface area contributed by atoms with E-state index in [1.54, 1.807) is 0 Å². The highest BCUT2D eigenvalue weighted by molar-refractivity contribution is 6.01. The summed E-state index contributed by atoms with van der Waals surface area (Å²) in [4.78, 5) is 38.6. The Labute approximate surface area is 110 Å². The molecule has 1 unspecified atom stereocenters. The maximum atomic E-state index is 11.5. The van der Waals surface area contributed by atoms with Crippen molar-refractivity contribution in [1.82, 2.24) is 5.06 Å². The Bertz CT molecular complexity index is 366. The first-order valence-electron chi connectivity index (χ1n) is 6.46. The number of ether oxygens (including phenoxy) is 2. The number of hydroxylamine groups is 2. The van der Waals surface area contributed by atoms with Crippen LogP contribution in [0.4, 0.5) is 4.79 Å². The van der Waals surface area contributed by atoms with Crippen LogP contribution in [0.3, 0.4) is 0 Å². The maximum absolute atomic E-state index is 11.5. The average Bonchev–Trinajstić information content (AvgIpc) is 2.91. The van der Waals surface area contributed by atoms with Crippen molar-refractivity contribution in [2.24, 2.45) is 0 Å². The average molecular weight is 271 g/mol. The summed E-state index contributed by atoms with van der Waals surface area (Å²) in [5, 5.41) is 0.474. The molecule has 2 amide bonds. The van der Waals surface area contributed by atoms with Gasteiger partial charge in [0.05, 0.1) is 12.7 Å². The molecule has 2 fully saturated rings. The second-order valence-electron chi connectivity index (χ2n) is 4.64. The van der Waals surface area contributed by atoms with E-state index in [2.05, 4.69) is 11.8 Å². The van der Waals surface area contributed by atoms with Crippen LogP contribution in [0.25, 0.3) is 0 Å². The van der Waals surface area contributed by atoms with Crippen molar-refractivity contribution in [2.75, 3.05) is 6.61 Å². The van der Waals surface area contributed by atoms with E-state index in [1.807, 2.05) is 0 Å². The van der Waals surface area contributed by atoms with Crippen LogP contribution in [-0.2, 0) is 23.9 Å². The number of amides is 2. The van der Waals surface area contributed by atoms with Crippen molar-refractivity contribution in [1.29, 1.82) is 0 Å². The summed E-state index contributed by atoms with van der Waals surface area (Å²) in [5.41, 5.74) is 0. The number of carbonyl (C=O) groups excluding carboxylic acids is 3. The normalized spacial score (nSPS) is 26.9. The van der Waals surface area contributed by atoms with Crippen LogP contribution < -0.4 is 0 Å². The summed E-state index contributed by atoms with van der Waals surface area (Å²) in [6.45, 7) is 2.37. The van der Waals surface area contributed by atoms with Crippen LogP contribution >= 0.6 is 0 Å². The molecule has 0 saturated carbocycles. The Morgan fingerprint density at radius 2 is 2.05 bits per heavy atom. The molecule has 2 aliphatic rings. The largest absolute Gasteiger partial charge is 0.534 e. The highest BCUT2D eigenvalue weighted by atomic mass is 16.8. The summed E-state index contributed by atoms with van der Waals surface area (Å²) in [6.07, 6.45) is 1.35. The maximum Gasteiger partial charge on any atom is 0.534 e. The molecule has 7 nitrogen and oxygen atoms in total. The Hall–Kier alpha value is -1.63. The van der Waals surface area contributed by atoms with E-state index in [1.165, 1.54) is 0 Å². The van der Waals surface area contributed by atoms with Gasteiger partial charge in [-0.05, 0) is 6.42 Å². The molecule has 0 aromatic heterocycles. The van der Waals surface area contributed by atoms with Gasteiger partial charge in [-0.25, -0.2) is 4.79 Å². The molecule has 2 heterocycles. The van der Waals surface area contributed by atoms with Crippen molar-refractivity contribution in [3.05, 3.63) is 0 Å². The van der Waals surface area contributed by atoms with Gasteiger partial charge in [0.2, 0.25) is 0 Å². The molecule has 106 valence electrons. The SMILES string of the molecule is CCCC1C[C@@H](OC(=O)ON2C(=O)CCC2=O)CO1. The third-order valence-electron chi connectivity index (χ3n) is 3.09. The number of hydrogen-bond donors (Lipinski definition) is 0. The fourth-order valence-corrected chi connectivity index (χ4v) is 2.17. The van der Waals surface area contributed by atoms with Crippen LogP contribution in [0.15, 0.2) is 0 Å². The van der Waals surface area contributed by atoms with E-state index in [0.29, 0.717) is 18.1 Å². The molecule has 0 bridgehead atoms. The zero-order chi connectivity index (χ0) is 13.8. The van der Waals surface area contributed by atoms with Crippen molar-refractivity contribution in [3.63, 3.8) is 0 Å². The summed E-state index contributed by atoms with van der Waals surface area (Å²) >= 11 is 0. The van der Waals surface area contributed by atoms with Gasteiger partial charge in [-0.2, -0.15) is 0 Å². The molecule has 2 aliphatic heterocycles. The Balaban J connectivity index is 1.76. The lowest BCUT2D eigenvalue weighted by atomic mass is 10.1. The minimum Gasteiger partial charge on any atom is -0.427 e. The van der Waals surface area contributed by atoms with Crippen LogP contribution in [-0.4, -0.2) is 41.8 Å². The lowest BCUT2D eigenvalue weighted by molar-refractivity contribution is -0.178. The van der Waals surface area contributed by atoms with Gasteiger partial charge >= 0.3 is 6.16 Å². The zero-order valence-corrected chi connectivity index (χ0v) is 10.8. The first-order valence-corrected chi connectivity index (χ1v) is 6.46. The smallest absolute Gasteiger partial charge is 0.427 e. The van der Waals surface area contributed by atoms with E-state index < -0.39 is 18.0 Å². The Morgan fingerprint density at radius 1 is 1.37 bits per heavy atom. The second-order valence-corrected chi connectivity index (χ2v) is 4.64. The van der Waals surface area contributed by atoms with Crippen LogP contribution in [0.5, 0.6) is 0 Å². The molecular weight excluding hydrogens is 254 g/mol. The van der Waals surface area contributed by atoms with Gasteiger partial charge in [0.1, 0.15) is 6.10 Å². The van der Waals surface area contributed by atoms with Gasteiger partial charge in [0.25, 0.3) is 11.8 Å². The van der Waals surface area contributed by atoms with Gasteiger partial charge in [0, 0.05) is 19.3 Å². The molecular formula is C12H17NO6. The highest BCUT2D eigenvalue weighted by Gasteiger charge is 2.35. The predicted molar refractivity (Wildman–Crippen MR) is 61.7 cm³/mol. The number of imide groups is 1. The molecule has 0 aliphatic carbocycles. The minimum absolute atomic E-state index is 0.0667. The zero-order valence-electron chi connectivity index (χ0n) is 10.8. The molecule has 0 spiro atoms. The van der Waals surface area contributed by atoms with Crippen molar-refractivity contribution >= 4 is 18.0 Å².